The van der Waals surface area contributed by atoms with Crippen LogP contribution < -0.4 is 5.32 Å². The van der Waals surface area contributed by atoms with Gasteiger partial charge in [0.05, 0.1) is 11.8 Å². The molecule has 1 N–H and O–H groups in total. The second kappa shape index (κ2) is 6.43. The molecule has 0 aliphatic rings. The van der Waals surface area contributed by atoms with Gasteiger partial charge in [-0.05, 0) is 12.1 Å². The minimum Gasteiger partial charge on any atom is -0.441 e. The van der Waals surface area contributed by atoms with Crippen LogP contribution in [-0.2, 0) is 18.3 Å². The number of aromatic nitrogens is 3. The van der Waals surface area contributed by atoms with Gasteiger partial charge in [-0.1, -0.05) is 12.1 Å². The largest absolute Gasteiger partial charge is 0.441 e. The number of aryl methyl sites for hydroxylation is 2. The van der Waals surface area contributed by atoms with Crippen LogP contribution in [-0.4, -0.2) is 20.7 Å². The van der Waals surface area contributed by atoms with Crippen LogP contribution in [0.5, 0.6) is 0 Å². The summed E-state index contributed by atoms with van der Waals surface area (Å²) in [4.78, 5) is 15.9. The van der Waals surface area contributed by atoms with E-state index in [1.165, 1.54) is 12.3 Å². The molecule has 0 fully saturated rings. The van der Waals surface area contributed by atoms with Crippen molar-refractivity contribution in [3.63, 3.8) is 0 Å². The lowest BCUT2D eigenvalue weighted by molar-refractivity contribution is -0.116. The molecule has 0 aliphatic heterocycles. The summed E-state index contributed by atoms with van der Waals surface area (Å²) in [6.07, 6.45) is 3.73. The number of benzene rings is 1. The van der Waals surface area contributed by atoms with E-state index in [0.717, 1.165) is 0 Å². The highest BCUT2D eigenvalue weighted by molar-refractivity contribution is 5.89. The highest BCUT2D eigenvalue weighted by Gasteiger charge is 2.12. The molecule has 118 valence electrons. The fourth-order valence-electron chi connectivity index (χ4n) is 2.12. The van der Waals surface area contributed by atoms with Gasteiger partial charge in [0.15, 0.2) is 17.5 Å². The Hall–Kier alpha value is -2.96. The smallest absolute Gasteiger partial charge is 0.226 e. The number of carbonyl (C=O) groups excluding carboxylic acids is 1. The number of anilines is 1. The second-order valence-corrected chi connectivity index (χ2v) is 5.02. The maximum Gasteiger partial charge on any atom is 0.226 e. The van der Waals surface area contributed by atoms with Crippen molar-refractivity contribution < 1.29 is 13.6 Å². The summed E-state index contributed by atoms with van der Waals surface area (Å²) >= 11 is 0. The predicted octanol–water partition coefficient (Wildman–Crippen LogP) is 2.79. The van der Waals surface area contributed by atoms with Gasteiger partial charge >= 0.3 is 0 Å². The first-order chi connectivity index (χ1) is 11.1. The standard InChI is InChI=1S/C16H15FN4O2/c1-21-9-8-14(20-21)19-15(22)6-7-16-18-10-13(23-16)11-4-2-3-5-12(11)17/h2-5,8-10H,6-7H2,1H3,(H,19,20,22). The fourth-order valence-corrected chi connectivity index (χ4v) is 2.12. The van der Waals surface area contributed by atoms with Crippen molar-refractivity contribution in [2.75, 3.05) is 5.32 Å². The monoisotopic (exact) mass is 314 g/mol. The lowest BCUT2D eigenvalue weighted by atomic mass is 10.2. The summed E-state index contributed by atoms with van der Waals surface area (Å²) in [5.41, 5.74) is 0.351. The number of nitrogens with zero attached hydrogens (tertiary/aromatic N) is 3. The lowest BCUT2D eigenvalue weighted by Crippen LogP contribution is -2.13. The van der Waals surface area contributed by atoms with Crippen molar-refractivity contribution >= 4 is 11.7 Å². The predicted molar refractivity (Wildman–Crippen MR) is 82.1 cm³/mol. The number of hydrogen-bond donors (Lipinski definition) is 1. The molecule has 0 aliphatic carbocycles. The number of hydrogen-bond acceptors (Lipinski definition) is 4. The third-order valence-corrected chi connectivity index (χ3v) is 3.24. The lowest BCUT2D eigenvalue weighted by Gasteiger charge is -2.00. The third-order valence-electron chi connectivity index (χ3n) is 3.24. The third kappa shape index (κ3) is 3.63. The van der Waals surface area contributed by atoms with E-state index in [0.29, 0.717) is 29.5 Å². The van der Waals surface area contributed by atoms with Gasteiger partial charge in [-0.3, -0.25) is 9.48 Å². The summed E-state index contributed by atoms with van der Waals surface area (Å²) < 4.78 is 20.8. The molecule has 3 aromatic rings. The molecular formula is C16H15FN4O2. The SMILES string of the molecule is Cn1ccc(NC(=O)CCc2ncc(-c3ccccc3F)o2)n1. The molecule has 6 nitrogen and oxygen atoms in total. The number of nitrogens with one attached hydrogen (secondary N) is 1. The Labute approximate surface area is 132 Å². The van der Waals surface area contributed by atoms with Crippen molar-refractivity contribution in [1.82, 2.24) is 14.8 Å². The van der Waals surface area contributed by atoms with Gasteiger partial charge in [0, 0.05) is 32.2 Å². The van der Waals surface area contributed by atoms with Gasteiger partial charge in [0.2, 0.25) is 5.91 Å². The second-order valence-electron chi connectivity index (χ2n) is 5.02. The molecule has 3 rings (SSSR count). The van der Waals surface area contributed by atoms with E-state index in [1.807, 2.05) is 0 Å². The number of carbonyl (C=O) groups is 1. The molecule has 1 amide bonds. The molecule has 23 heavy (non-hydrogen) atoms. The molecule has 0 unspecified atom stereocenters. The first kappa shape index (κ1) is 15.0. The van der Waals surface area contributed by atoms with Crippen LogP contribution in [0.2, 0.25) is 0 Å². The number of halogens is 1. The van der Waals surface area contributed by atoms with Crippen molar-refractivity contribution in [3.05, 3.63) is 54.4 Å². The van der Waals surface area contributed by atoms with E-state index >= 15 is 0 Å². The number of amides is 1. The summed E-state index contributed by atoms with van der Waals surface area (Å²) in [6, 6.07) is 8.02. The molecule has 2 aromatic heterocycles. The van der Waals surface area contributed by atoms with E-state index in [4.69, 9.17) is 4.42 Å². The molecule has 0 radical (unpaired) electrons. The minimum atomic E-state index is -0.372. The summed E-state index contributed by atoms with van der Waals surface area (Å²) in [7, 11) is 1.77. The van der Waals surface area contributed by atoms with E-state index in [-0.39, 0.29) is 18.1 Å². The molecule has 0 saturated carbocycles. The zero-order valence-corrected chi connectivity index (χ0v) is 12.5. The van der Waals surface area contributed by atoms with Crippen LogP contribution in [0, 0.1) is 5.82 Å². The van der Waals surface area contributed by atoms with Crippen LogP contribution in [0.3, 0.4) is 0 Å². The Morgan fingerprint density at radius 1 is 1.35 bits per heavy atom. The maximum absolute atomic E-state index is 13.7. The molecule has 0 saturated heterocycles. The van der Waals surface area contributed by atoms with Crippen LogP contribution in [0.25, 0.3) is 11.3 Å². The number of oxazole rings is 1. The van der Waals surface area contributed by atoms with Crippen LogP contribution in [0.4, 0.5) is 10.2 Å². The van der Waals surface area contributed by atoms with Crippen LogP contribution in [0.15, 0.2) is 47.1 Å². The molecule has 2 heterocycles. The average Bonchev–Trinajstić information content (AvgIpc) is 3.15. The Bertz CT molecular complexity index is 825. The first-order valence-electron chi connectivity index (χ1n) is 7.11. The van der Waals surface area contributed by atoms with E-state index in [2.05, 4.69) is 15.4 Å². The van der Waals surface area contributed by atoms with Crippen molar-refractivity contribution in [3.8, 4) is 11.3 Å². The van der Waals surface area contributed by atoms with E-state index < -0.39 is 0 Å². The van der Waals surface area contributed by atoms with Gasteiger partial charge < -0.3 is 9.73 Å². The van der Waals surface area contributed by atoms with Gasteiger partial charge in [-0.25, -0.2) is 9.37 Å². The molecule has 7 heteroatoms. The number of rotatable bonds is 5. The van der Waals surface area contributed by atoms with Crippen molar-refractivity contribution in [2.45, 2.75) is 12.8 Å². The van der Waals surface area contributed by atoms with Gasteiger partial charge in [0.25, 0.3) is 0 Å². The van der Waals surface area contributed by atoms with Crippen molar-refractivity contribution in [2.24, 2.45) is 7.05 Å². The first-order valence-corrected chi connectivity index (χ1v) is 7.11. The summed E-state index contributed by atoms with van der Waals surface area (Å²) in [5.74, 6) is 0.678. The molecule has 0 spiro atoms. The zero-order valence-electron chi connectivity index (χ0n) is 12.5. The van der Waals surface area contributed by atoms with Gasteiger partial charge in [0.1, 0.15) is 5.82 Å². The maximum atomic E-state index is 13.7. The molecule has 0 bridgehead atoms. The summed E-state index contributed by atoms with van der Waals surface area (Å²) in [6.45, 7) is 0. The fraction of sp³-hybridized carbons (Fsp3) is 0.188. The topological polar surface area (TPSA) is 73.0 Å². The minimum absolute atomic E-state index is 0.186. The quantitative estimate of drug-likeness (QED) is 0.786. The van der Waals surface area contributed by atoms with E-state index in [9.17, 15) is 9.18 Å². The Kier molecular flexibility index (Phi) is 4.18. The Morgan fingerprint density at radius 2 is 2.17 bits per heavy atom. The zero-order chi connectivity index (χ0) is 16.2. The Morgan fingerprint density at radius 3 is 2.91 bits per heavy atom. The molecule has 1 aromatic carbocycles. The average molecular weight is 314 g/mol. The Balaban J connectivity index is 1.59. The highest BCUT2D eigenvalue weighted by atomic mass is 19.1. The molecular weight excluding hydrogens is 299 g/mol. The van der Waals surface area contributed by atoms with Crippen LogP contribution >= 0.6 is 0 Å². The van der Waals surface area contributed by atoms with Gasteiger partial charge in [-0.2, -0.15) is 5.10 Å². The van der Waals surface area contributed by atoms with Crippen molar-refractivity contribution in [1.29, 1.82) is 0 Å². The highest BCUT2D eigenvalue weighted by Crippen LogP contribution is 2.23. The molecule has 0 atom stereocenters. The van der Waals surface area contributed by atoms with Gasteiger partial charge in [-0.15, -0.1) is 0 Å². The van der Waals surface area contributed by atoms with E-state index in [1.54, 1.807) is 42.2 Å². The normalized spacial score (nSPS) is 10.7. The summed E-state index contributed by atoms with van der Waals surface area (Å²) in [5, 5.41) is 6.74. The van der Waals surface area contributed by atoms with Crippen LogP contribution in [0.1, 0.15) is 12.3 Å².